The molecule has 0 spiro atoms. The second kappa shape index (κ2) is 10.6. The lowest BCUT2D eigenvalue weighted by molar-refractivity contribution is -0.151. The molecule has 1 heterocycles. The molecule has 124 valence electrons. The minimum absolute atomic E-state index is 0. The highest BCUT2D eigenvalue weighted by molar-refractivity contribution is 5.99. The molecule has 0 saturated carbocycles. The smallest absolute Gasteiger partial charge is 0.243 e. The number of nitrogens with two attached hydrogens (primary N) is 1. The average Bonchev–Trinajstić information content (AvgIpc) is 2.44. The zero-order valence-corrected chi connectivity index (χ0v) is 14.1. The van der Waals surface area contributed by atoms with E-state index in [2.05, 4.69) is 12.1 Å². The Labute approximate surface area is 143 Å². The summed E-state index contributed by atoms with van der Waals surface area (Å²) in [5.41, 5.74) is 6.69. The van der Waals surface area contributed by atoms with Crippen molar-refractivity contribution in [3.05, 3.63) is 35.9 Å². The van der Waals surface area contributed by atoms with Gasteiger partial charge in [0.2, 0.25) is 11.8 Å². The van der Waals surface area contributed by atoms with E-state index in [-0.39, 0.29) is 36.6 Å². The lowest BCUT2D eigenvalue weighted by atomic mass is 10.1. The Bertz CT molecular complexity index is 453. The van der Waals surface area contributed by atoms with Crippen molar-refractivity contribution in [1.82, 2.24) is 9.80 Å². The van der Waals surface area contributed by atoms with Gasteiger partial charge in [0.15, 0.2) is 0 Å². The van der Waals surface area contributed by atoms with Crippen LogP contribution in [0.5, 0.6) is 0 Å². The molecular formula is C15H23Cl2N3O2. The van der Waals surface area contributed by atoms with Gasteiger partial charge >= 0.3 is 0 Å². The minimum atomic E-state index is -0.133. The third kappa shape index (κ3) is 5.93. The molecule has 1 aromatic rings. The van der Waals surface area contributed by atoms with Gasteiger partial charge in [0.25, 0.3) is 0 Å². The molecule has 1 aliphatic rings. The summed E-state index contributed by atoms with van der Waals surface area (Å²) in [7, 11) is 0. The van der Waals surface area contributed by atoms with Gasteiger partial charge in [0.1, 0.15) is 0 Å². The lowest BCUT2D eigenvalue weighted by Gasteiger charge is -2.32. The molecule has 1 fully saturated rings. The Hall–Kier alpha value is -1.14. The predicted molar refractivity (Wildman–Crippen MR) is 91.5 cm³/mol. The van der Waals surface area contributed by atoms with Crippen LogP contribution >= 0.6 is 24.8 Å². The van der Waals surface area contributed by atoms with Crippen LogP contribution in [0.25, 0.3) is 0 Å². The van der Waals surface area contributed by atoms with Crippen LogP contribution in [0.3, 0.4) is 0 Å². The Morgan fingerprint density at radius 2 is 1.55 bits per heavy atom. The molecule has 1 aromatic carbocycles. The van der Waals surface area contributed by atoms with Crippen LogP contribution in [-0.4, -0.2) is 54.3 Å². The molecule has 0 radical (unpaired) electrons. The fourth-order valence-corrected chi connectivity index (χ4v) is 2.44. The minimum Gasteiger partial charge on any atom is -0.329 e. The Morgan fingerprint density at radius 1 is 0.955 bits per heavy atom. The van der Waals surface area contributed by atoms with Crippen molar-refractivity contribution in [2.75, 3.05) is 32.7 Å². The summed E-state index contributed by atoms with van der Waals surface area (Å²) in [5.74, 6) is -0.266. The van der Waals surface area contributed by atoms with Crippen molar-refractivity contribution < 1.29 is 9.59 Å². The molecular weight excluding hydrogens is 325 g/mol. The van der Waals surface area contributed by atoms with E-state index in [1.807, 2.05) is 23.1 Å². The number of imide groups is 1. The first-order chi connectivity index (χ1) is 9.70. The van der Waals surface area contributed by atoms with Crippen LogP contribution in [0, 0.1) is 0 Å². The quantitative estimate of drug-likeness (QED) is 0.782. The Balaban J connectivity index is 0.00000220. The number of carbonyl (C=O) groups is 2. The SMILES string of the molecule is Cl.Cl.NCCN1C(=O)CN(CCCc2ccccc2)CC1=O. The number of aryl methyl sites for hydroxylation is 1. The van der Waals surface area contributed by atoms with Crippen molar-refractivity contribution >= 4 is 36.6 Å². The van der Waals surface area contributed by atoms with E-state index in [1.165, 1.54) is 10.5 Å². The summed E-state index contributed by atoms with van der Waals surface area (Å²) >= 11 is 0. The van der Waals surface area contributed by atoms with Crippen LogP contribution in [0.1, 0.15) is 12.0 Å². The fourth-order valence-electron chi connectivity index (χ4n) is 2.44. The molecule has 0 unspecified atom stereocenters. The van der Waals surface area contributed by atoms with Gasteiger partial charge in [-0.05, 0) is 24.9 Å². The maximum absolute atomic E-state index is 11.8. The van der Waals surface area contributed by atoms with E-state index in [0.29, 0.717) is 26.2 Å². The first-order valence-corrected chi connectivity index (χ1v) is 7.00. The van der Waals surface area contributed by atoms with Crippen LogP contribution < -0.4 is 5.73 Å². The summed E-state index contributed by atoms with van der Waals surface area (Å²) in [6.45, 7) is 2.06. The fraction of sp³-hybridized carbons (Fsp3) is 0.467. The van der Waals surface area contributed by atoms with E-state index in [9.17, 15) is 9.59 Å². The first kappa shape index (κ1) is 20.9. The molecule has 1 aliphatic heterocycles. The van der Waals surface area contributed by atoms with E-state index < -0.39 is 0 Å². The third-order valence-electron chi connectivity index (χ3n) is 3.46. The molecule has 0 aliphatic carbocycles. The second-order valence-electron chi connectivity index (χ2n) is 5.03. The number of hydrogen-bond acceptors (Lipinski definition) is 4. The highest BCUT2D eigenvalue weighted by atomic mass is 35.5. The van der Waals surface area contributed by atoms with Gasteiger partial charge in [-0.1, -0.05) is 30.3 Å². The average molecular weight is 348 g/mol. The molecule has 2 N–H and O–H groups in total. The number of benzene rings is 1. The first-order valence-electron chi connectivity index (χ1n) is 7.00. The second-order valence-corrected chi connectivity index (χ2v) is 5.03. The maximum Gasteiger partial charge on any atom is 0.243 e. The molecule has 22 heavy (non-hydrogen) atoms. The molecule has 2 rings (SSSR count). The monoisotopic (exact) mass is 347 g/mol. The number of piperazine rings is 1. The van der Waals surface area contributed by atoms with Crippen molar-refractivity contribution in [3.8, 4) is 0 Å². The van der Waals surface area contributed by atoms with E-state index in [0.717, 1.165) is 19.4 Å². The topological polar surface area (TPSA) is 66.6 Å². The standard InChI is InChI=1S/C15H21N3O2.2ClH/c16-8-10-18-14(19)11-17(12-15(18)20)9-4-7-13-5-2-1-3-6-13;;/h1-3,5-6H,4,7-12,16H2;2*1H. The highest BCUT2D eigenvalue weighted by Gasteiger charge is 2.29. The van der Waals surface area contributed by atoms with Gasteiger partial charge in [0.05, 0.1) is 13.1 Å². The molecule has 0 atom stereocenters. The van der Waals surface area contributed by atoms with Crippen LogP contribution in [-0.2, 0) is 16.0 Å². The maximum atomic E-state index is 11.8. The van der Waals surface area contributed by atoms with E-state index in [1.54, 1.807) is 0 Å². The molecule has 5 nitrogen and oxygen atoms in total. The predicted octanol–water partition coefficient (Wildman–Crippen LogP) is 1.09. The van der Waals surface area contributed by atoms with Gasteiger partial charge < -0.3 is 5.73 Å². The van der Waals surface area contributed by atoms with Crippen molar-refractivity contribution in [2.45, 2.75) is 12.8 Å². The number of carbonyl (C=O) groups excluding carboxylic acids is 2. The van der Waals surface area contributed by atoms with Gasteiger partial charge in [0, 0.05) is 13.1 Å². The highest BCUT2D eigenvalue weighted by Crippen LogP contribution is 2.08. The number of nitrogens with zero attached hydrogens (tertiary/aromatic N) is 2. The van der Waals surface area contributed by atoms with Crippen molar-refractivity contribution in [1.29, 1.82) is 0 Å². The third-order valence-corrected chi connectivity index (χ3v) is 3.46. The zero-order chi connectivity index (χ0) is 14.4. The van der Waals surface area contributed by atoms with Crippen LogP contribution in [0.2, 0.25) is 0 Å². The Morgan fingerprint density at radius 3 is 2.09 bits per heavy atom. The zero-order valence-electron chi connectivity index (χ0n) is 12.4. The molecule has 7 heteroatoms. The van der Waals surface area contributed by atoms with Gasteiger partial charge in [-0.3, -0.25) is 19.4 Å². The molecule has 1 saturated heterocycles. The van der Waals surface area contributed by atoms with Crippen LogP contribution in [0.4, 0.5) is 0 Å². The lowest BCUT2D eigenvalue weighted by Crippen LogP contribution is -2.55. The summed E-state index contributed by atoms with van der Waals surface area (Å²) in [5, 5.41) is 0. The largest absolute Gasteiger partial charge is 0.329 e. The number of rotatable bonds is 6. The van der Waals surface area contributed by atoms with E-state index in [4.69, 9.17) is 5.73 Å². The summed E-state index contributed by atoms with van der Waals surface area (Å²) in [6, 6.07) is 10.2. The number of hydrogen-bond donors (Lipinski definition) is 1. The van der Waals surface area contributed by atoms with E-state index >= 15 is 0 Å². The molecule has 2 amide bonds. The number of halogens is 2. The van der Waals surface area contributed by atoms with Crippen LogP contribution in [0.15, 0.2) is 30.3 Å². The summed E-state index contributed by atoms with van der Waals surface area (Å²) in [6.07, 6.45) is 1.91. The summed E-state index contributed by atoms with van der Waals surface area (Å²) in [4.78, 5) is 26.9. The summed E-state index contributed by atoms with van der Waals surface area (Å²) < 4.78 is 0. The van der Waals surface area contributed by atoms with Crippen molar-refractivity contribution in [2.24, 2.45) is 5.73 Å². The van der Waals surface area contributed by atoms with Gasteiger partial charge in [-0.15, -0.1) is 24.8 Å². The Kier molecular flexibility index (Phi) is 10.0. The normalized spacial score (nSPS) is 15.2. The number of amides is 2. The van der Waals surface area contributed by atoms with Gasteiger partial charge in [-0.2, -0.15) is 0 Å². The van der Waals surface area contributed by atoms with Gasteiger partial charge in [-0.25, -0.2) is 0 Å². The van der Waals surface area contributed by atoms with Crippen molar-refractivity contribution in [3.63, 3.8) is 0 Å². The molecule has 0 aromatic heterocycles. The molecule has 0 bridgehead atoms.